The summed E-state index contributed by atoms with van der Waals surface area (Å²) < 4.78 is 21.1. The molecule has 1 aliphatic rings. The number of ether oxygens (including phenoxy) is 4. The van der Waals surface area contributed by atoms with E-state index in [-0.39, 0.29) is 24.3 Å². The van der Waals surface area contributed by atoms with Gasteiger partial charge in [0.1, 0.15) is 11.5 Å². The summed E-state index contributed by atoms with van der Waals surface area (Å²) in [6.45, 7) is 2.21. The minimum atomic E-state index is -0.119. The van der Waals surface area contributed by atoms with E-state index in [9.17, 15) is 9.59 Å². The fourth-order valence-corrected chi connectivity index (χ4v) is 4.16. The van der Waals surface area contributed by atoms with Crippen molar-refractivity contribution in [2.45, 2.75) is 19.3 Å². The number of piperidine rings is 1. The summed E-state index contributed by atoms with van der Waals surface area (Å²) in [5.74, 6) is 2.47. The van der Waals surface area contributed by atoms with Crippen molar-refractivity contribution in [1.29, 1.82) is 0 Å². The zero-order chi connectivity index (χ0) is 25.2. The van der Waals surface area contributed by atoms with Gasteiger partial charge in [0.2, 0.25) is 11.8 Å². The van der Waals surface area contributed by atoms with Gasteiger partial charge in [-0.25, -0.2) is 0 Å². The minimum absolute atomic E-state index is 0.0404. The summed E-state index contributed by atoms with van der Waals surface area (Å²) in [6.07, 6.45) is 2.16. The molecule has 9 nitrogen and oxygen atoms in total. The lowest BCUT2D eigenvalue weighted by Gasteiger charge is -2.30. The van der Waals surface area contributed by atoms with Crippen LogP contribution in [0.3, 0.4) is 0 Å². The highest BCUT2D eigenvalue weighted by atomic mass is 16.5. The lowest BCUT2D eigenvalue weighted by atomic mass is 9.96. The number of carbonyl (C=O) groups excluding carboxylic acids is 2. The quantitative estimate of drug-likeness (QED) is 0.505. The van der Waals surface area contributed by atoms with E-state index >= 15 is 0 Å². The van der Waals surface area contributed by atoms with Gasteiger partial charge in [0, 0.05) is 18.5 Å². The molecule has 0 atom stereocenters. The van der Waals surface area contributed by atoms with Crippen LogP contribution >= 0.6 is 0 Å². The molecule has 0 radical (unpaired) electrons. The van der Waals surface area contributed by atoms with Crippen LogP contribution in [0.2, 0.25) is 0 Å². The van der Waals surface area contributed by atoms with Crippen molar-refractivity contribution in [3.8, 4) is 23.0 Å². The second-order valence-corrected chi connectivity index (χ2v) is 8.40. The van der Waals surface area contributed by atoms with Crippen molar-refractivity contribution in [1.82, 2.24) is 10.2 Å². The van der Waals surface area contributed by atoms with E-state index in [1.54, 1.807) is 46.6 Å². The lowest BCUT2D eigenvalue weighted by molar-refractivity contribution is -0.126. The predicted octanol–water partition coefficient (Wildman–Crippen LogP) is 2.73. The summed E-state index contributed by atoms with van der Waals surface area (Å²) in [6, 6.07) is 11.0. The molecule has 1 heterocycles. The third kappa shape index (κ3) is 7.26. The Morgan fingerprint density at radius 3 is 2.26 bits per heavy atom. The first-order valence-electron chi connectivity index (χ1n) is 11.7. The molecule has 2 aromatic carbocycles. The molecule has 0 unspecified atom stereocenters. The number of hydrogen-bond donors (Lipinski definition) is 2. The van der Waals surface area contributed by atoms with E-state index in [0.717, 1.165) is 18.4 Å². The lowest BCUT2D eigenvalue weighted by Crippen LogP contribution is -2.43. The Morgan fingerprint density at radius 2 is 1.60 bits per heavy atom. The smallest absolute Gasteiger partial charge is 0.238 e. The van der Waals surface area contributed by atoms with Gasteiger partial charge in [-0.1, -0.05) is 6.07 Å². The standard InChI is InChI=1S/C26H35N3O6/c1-32-20-6-7-21(23(16-20)34-3)28-25(30)17-29-13-10-19(11-14-29)26(31)27-12-9-18-5-8-22(33-2)24(15-18)35-4/h5-8,15-16,19H,9-14,17H2,1-4H3,(H,27,31)(H,28,30). The first kappa shape index (κ1) is 26.2. The zero-order valence-corrected chi connectivity index (χ0v) is 20.9. The zero-order valence-electron chi connectivity index (χ0n) is 20.9. The van der Waals surface area contributed by atoms with Gasteiger partial charge in [-0.3, -0.25) is 14.5 Å². The molecule has 1 fully saturated rings. The number of anilines is 1. The molecule has 9 heteroatoms. The van der Waals surface area contributed by atoms with E-state index in [1.165, 1.54) is 0 Å². The maximum absolute atomic E-state index is 12.6. The molecule has 35 heavy (non-hydrogen) atoms. The molecule has 0 saturated carbocycles. The first-order chi connectivity index (χ1) is 17.0. The van der Waals surface area contributed by atoms with Crippen molar-refractivity contribution >= 4 is 17.5 Å². The van der Waals surface area contributed by atoms with Crippen LogP contribution in [-0.2, 0) is 16.0 Å². The van der Waals surface area contributed by atoms with Crippen molar-refractivity contribution in [3.63, 3.8) is 0 Å². The van der Waals surface area contributed by atoms with Crippen molar-refractivity contribution in [2.75, 3.05) is 59.9 Å². The molecule has 1 saturated heterocycles. The van der Waals surface area contributed by atoms with Crippen LogP contribution in [0.25, 0.3) is 0 Å². The van der Waals surface area contributed by atoms with Crippen LogP contribution in [0, 0.1) is 5.92 Å². The van der Waals surface area contributed by atoms with E-state index in [2.05, 4.69) is 15.5 Å². The predicted molar refractivity (Wildman–Crippen MR) is 134 cm³/mol. The Hall–Kier alpha value is -3.46. The largest absolute Gasteiger partial charge is 0.497 e. The van der Waals surface area contributed by atoms with E-state index in [0.29, 0.717) is 54.7 Å². The van der Waals surface area contributed by atoms with Gasteiger partial charge in [-0.2, -0.15) is 0 Å². The van der Waals surface area contributed by atoms with Crippen LogP contribution < -0.4 is 29.6 Å². The number of nitrogens with one attached hydrogen (secondary N) is 2. The highest BCUT2D eigenvalue weighted by molar-refractivity contribution is 5.93. The number of rotatable bonds is 11. The van der Waals surface area contributed by atoms with Crippen LogP contribution in [0.1, 0.15) is 18.4 Å². The number of amides is 2. The molecule has 3 rings (SSSR count). The number of nitrogens with zero attached hydrogens (tertiary/aromatic N) is 1. The topological polar surface area (TPSA) is 98.4 Å². The summed E-state index contributed by atoms with van der Waals surface area (Å²) in [5, 5.41) is 5.94. The Bertz CT molecular complexity index is 1000. The second-order valence-electron chi connectivity index (χ2n) is 8.40. The van der Waals surface area contributed by atoms with Gasteiger partial charge in [0.25, 0.3) is 0 Å². The van der Waals surface area contributed by atoms with Crippen LogP contribution in [-0.4, -0.2) is 71.3 Å². The fourth-order valence-electron chi connectivity index (χ4n) is 4.16. The summed E-state index contributed by atoms with van der Waals surface area (Å²) in [5.41, 5.74) is 1.67. The average Bonchev–Trinajstić information content (AvgIpc) is 2.89. The molecule has 1 aliphatic heterocycles. The number of likely N-dealkylation sites (tertiary alicyclic amines) is 1. The summed E-state index contributed by atoms with van der Waals surface area (Å²) >= 11 is 0. The van der Waals surface area contributed by atoms with E-state index in [4.69, 9.17) is 18.9 Å². The van der Waals surface area contributed by atoms with Crippen LogP contribution in [0.5, 0.6) is 23.0 Å². The van der Waals surface area contributed by atoms with Gasteiger partial charge < -0.3 is 29.6 Å². The highest BCUT2D eigenvalue weighted by Gasteiger charge is 2.26. The van der Waals surface area contributed by atoms with Crippen LogP contribution in [0.15, 0.2) is 36.4 Å². The Labute approximate surface area is 206 Å². The molecule has 0 spiro atoms. The number of benzene rings is 2. The highest BCUT2D eigenvalue weighted by Crippen LogP contribution is 2.29. The molecular formula is C26H35N3O6. The van der Waals surface area contributed by atoms with Crippen molar-refractivity contribution in [3.05, 3.63) is 42.0 Å². The van der Waals surface area contributed by atoms with Gasteiger partial charge in [0.15, 0.2) is 11.5 Å². The maximum Gasteiger partial charge on any atom is 0.238 e. The molecule has 2 aromatic rings. The third-order valence-corrected chi connectivity index (χ3v) is 6.17. The van der Waals surface area contributed by atoms with Gasteiger partial charge in [-0.05, 0) is 62.2 Å². The molecule has 0 bridgehead atoms. The fraction of sp³-hybridized carbons (Fsp3) is 0.462. The molecule has 0 aliphatic carbocycles. The minimum Gasteiger partial charge on any atom is -0.497 e. The average molecular weight is 486 g/mol. The van der Waals surface area contributed by atoms with Gasteiger partial charge in [-0.15, -0.1) is 0 Å². The van der Waals surface area contributed by atoms with Gasteiger partial charge >= 0.3 is 0 Å². The number of carbonyl (C=O) groups is 2. The molecule has 190 valence electrons. The third-order valence-electron chi connectivity index (χ3n) is 6.17. The normalized spacial score (nSPS) is 14.2. The molecular weight excluding hydrogens is 450 g/mol. The molecule has 2 N–H and O–H groups in total. The Kier molecular flexibility index (Phi) is 9.60. The van der Waals surface area contributed by atoms with E-state index < -0.39 is 0 Å². The van der Waals surface area contributed by atoms with Crippen molar-refractivity contribution < 1.29 is 28.5 Å². The number of methoxy groups -OCH3 is 4. The van der Waals surface area contributed by atoms with Crippen LogP contribution in [0.4, 0.5) is 5.69 Å². The molecule has 0 aromatic heterocycles. The Balaban J connectivity index is 1.40. The Morgan fingerprint density at radius 1 is 0.886 bits per heavy atom. The van der Waals surface area contributed by atoms with Crippen molar-refractivity contribution in [2.24, 2.45) is 5.92 Å². The summed E-state index contributed by atoms with van der Waals surface area (Å²) in [7, 11) is 6.34. The first-order valence-corrected chi connectivity index (χ1v) is 11.7. The van der Waals surface area contributed by atoms with Gasteiger partial charge in [0.05, 0.1) is 40.7 Å². The summed E-state index contributed by atoms with van der Waals surface area (Å²) in [4.78, 5) is 27.2. The molecule has 2 amide bonds. The van der Waals surface area contributed by atoms with E-state index in [1.807, 2.05) is 18.2 Å². The monoisotopic (exact) mass is 485 g/mol. The SMILES string of the molecule is COc1ccc(NC(=O)CN2CCC(C(=O)NCCc3ccc(OC)c(OC)c3)CC2)c(OC)c1. The number of hydrogen-bond acceptors (Lipinski definition) is 7. The second kappa shape index (κ2) is 12.9. The maximum atomic E-state index is 12.6.